The van der Waals surface area contributed by atoms with Crippen molar-refractivity contribution in [2.75, 3.05) is 13.1 Å². The summed E-state index contributed by atoms with van der Waals surface area (Å²) in [5.74, 6) is 0.802. The molecular formula is C23H21NO3. The first kappa shape index (κ1) is 17.3. The minimum atomic E-state index is -0.0407. The lowest BCUT2D eigenvalue weighted by Gasteiger charge is -2.30. The molecule has 0 bridgehead atoms. The van der Waals surface area contributed by atoms with Gasteiger partial charge < -0.3 is 9.32 Å². The van der Waals surface area contributed by atoms with Crippen LogP contribution in [0, 0.1) is 5.92 Å². The zero-order valence-electron chi connectivity index (χ0n) is 15.0. The van der Waals surface area contributed by atoms with Gasteiger partial charge in [-0.2, -0.15) is 0 Å². The van der Waals surface area contributed by atoms with Gasteiger partial charge in [-0.25, -0.2) is 0 Å². The first-order valence-electron chi connectivity index (χ1n) is 9.25. The van der Waals surface area contributed by atoms with E-state index in [2.05, 4.69) is 0 Å². The highest BCUT2D eigenvalue weighted by Gasteiger charge is 2.27. The molecule has 4 nitrogen and oxygen atoms in total. The van der Waals surface area contributed by atoms with E-state index in [1.807, 2.05) is 60.7 Å². The molecule has 3 aromatic rings. The fraction of sp³-hybridized carbons (Fsp3) is 0.217. The second-order valence-corrected chi connectivity index (χ2v) is 6.85. The fourth-order valence-electron chi connectivity index (χ4n) is 3.54. The van der Waals surface area contributed by atoms with Crippen molar-refractivity contribution in [2.45, 2.75) is 12.8 Å². The first-order valence-corrected chi connectivity index (χ1v) is 9.25. The molecule has 4 heteroatoms. The number of rotatable bonds is 4. The zero-order valence-corrected chi connectivity index (χ0v) is 15.0. The SMILES string of the molecule is O=C(c1ccccc1)C1CCN(C(=O)/C=C/c2cc3ccccc3o2)CC1. The van der Waals surface area contributed by atoms with Crippen LogP contribution >= 0.6 is 0 Å². The third kappa shape index (κ3) is 3.85. The predicted molar refractivity (Wildman–Crippen MR) is 105 cm³/mol. The standard InChI is InChI=1S/C23H21NO3/c25-22(11-10-20-16-19-8-4-5-9-21(19)27-20)24-14-12-18(13-15-24)23(26)17-6-2-1-3-7-17/h1-11,16,18H,12-15H2/b11-10+. The largest absolute Gasteiger partial charge is 0.457 e. The number of ketones is 1. The molecule has 0 saturated carbocycles. The monoisotopic (exact) mass is 359 g/mol. The Bertz CT molecular complexity index is 946. The smallest absolute Gasteiger partial charge is 0.246 e. The van der Waals surface area contributed by atoms with E-state index in [1.54, 1.807) is 17.1 Å². The number of carbonyl (C=O) groups is 2. The van der Waals surface area contributed by atoms with E-state index in [0.29, 0.717) is 31.7 Å². The molecule has 2 aromatic carbocycles. The molecule has 0 unspecified atom stereocenters. The number of para-hydroxylation sites is 1. The highest BCUT2D eigenvalue weighted by atomic mass is 16.3. The van der Waals surface area contributed by atoms with Gasteiger partial charge >= 0.3 is 0 Å². The van der Waals surface area contributed by atoms with Crippen LogP contribution < -0.4 is 0 Å². The lowest BCUT2D eigenvalue weighted by atomic mass is 9.89. The molecule has 1 aliphatic heterocycles. The second kappa shape index (κ2) is 7.62. The van der Waals surface area contributed by atoms with Gasteiger partial charge in [-0.15, -0.1) is 0 Å². The summed E-state index contributed by atoms with van der Waals surface area (Å²) in [6, 6.07) is 19.1. The number of likely N-dealkylation sites (tertiary alicyclic amines) is 1. The van der Waals surface area contributed by atoms with E-state index >= 15 is 0 Å². The Hall–Kier alpha value is -3.14. The summed E-state index contributed by atoms with van der Waals surface area (Å²) in [6.07, 6.45) is 4.68. The lowest BCUT2D eigenvalue weighted by Crippen LogP contribution is -2.39. The van der Waals surface area contributed by atoms with E-state index in [4.69, 9.17) is 4.42 Å². The normalized spacial score (nSPS) is 15.5. The first-order chi connectivity index (χ1) is 13.2. The van der Waals surface area contributed by atoms with Crippen LogP contribution in [0.25, 0.3) is 17.0 Å². The van der Waals surface area contributed by atoms with Crippen molar-refractivity contribution in [1.29, 1.82) is 0 Å². The maximum Gasteiger partial charge on any atom is 0.246 e. The van der Waals surface area contributed by atoms with Crippen LogP contribution in [0.15, 0.2) is 71.2 Å². The van der Waals surface area contributed by atoms with E-state index in [0.717, 1.165) is 16.5 Å². The molecule has 1 amide bonds. The summed E-state index contributed by atoms with van der Waals surface area (Å²) in [7, 11) is 0. The molecule has 1 saturated heterocycles. The number of hydrogen-bond acceptors (Lipinski definition) is 3. The third-order valence-electron chi connectivity index (χ3n) is 5.07. The number of carbonyl (C=O) groups excluding carboxylic acids is 2. The highest BCUT2D eigenvalue weighted by Crippen LogP contribution is 2.23. The van der Waals surface area contributed by atoms with Crippen LogP contribution in [0.3, 0.4) is 0 Å². The van der Waals surface area contributed by atoms with Gasteiger partial charge in [0.25, 0.3) is 0 Å². The number of nitrogens with zero attached hydrogens (tertiary/aromatic N) is 1. The molecular weight excluding hydrogens is 338 g/mol. The Morgan fingerprint density at radius 3 is 2.41 bits per heavy atom. The Kier molecular flexibility index (Phi) is 4.88. The molecule has 27 heavy (non-hydrogen) atoms. The van der Waals surface area contributed by atoms with Gasteiger partial charge in [0.05, 0.1) is 0 Å². The molecule has 0 atom stereocenters. The summed E-state index contributed by atoms with van der Waals surface area (Å²) >= 11 is 0. The number of benzene rings is 2. The van der Waals surface area contributed by atoms with Crippen LogP contribution in [0.5, 0.6) is 0 Å². The fourth-order valence-corrected chi connectivity index (χ4v) is 3.54. The van der Waals surface area contributed by atoms with Gasteiger partial charge in [-0.05, 0) is 31.1 Å². The number of piperidine rings is 1. The summed E-state index contributed by atoms with van der Waals surface area (Å²) in [6.45, 7) is 1.21. The summed E-state index contributed by atoms with van der Waals surface area (Å²) < 4.78 is 5.70. The van der Waals surface area contributed by atoms with Gasteiger partial charge in [0.15, 0.2) is 5.78 Å². The third-order valence-corrected chi connectivity index (χ3v) is 5.07. The van der Waals surface area contributed by atoms with Crippen molar-refractivity contribution in [3.63, 3.8) is 0 Å². The lowest BCUT2D eigenvalue weighted by molar-refractivity contribution is -0.127. The van der Waals surface area contributed by atoms with Gasteiger partial charge in [0.1, 0.15) is 11.3 Å². The maximum absolute atomic E-state index is 12.5. The highest BCUT2D eigenvalue weighted by molar-refractivity contribution is 5.98. The summed E-state index contributed by atoms with van der Waals surface area (Å²) in [4.78, 5) is 26.8. The Balaban J connectivity index is 1.35. The van der Waals surface area contributed by atoms with Gasteiger partial charge in [0.2, 0.25) is 5.91 Å². The number of furan rings is 1. The van der Waals surface area contributed by atoms with E-state index in [9.17, 15) is 9.59 Å². The van der Waals surface area contributed by atoms with Crippen molar-refractivity contribution >= 4 is 28.7 Å². The molecule has 0 radical (unpaired) electrons. The second-order valence-electron chi connectivity index (χ2n) is 6.85. The van der Waals surface area contributed by atoms with Crippen LogP contribution in [0.1, 0.15) is 29.0 Å². The van der Waals surface area contributed by atoms with Crippen LogP contribution in [0.4, 0.5) is 0 Å². The quantitative estimate of drug-likeness (QED) is 0.506. The average molecular weight is 359 g/mol. The molecule has 1 aromatic heterocycles. The van der Waals surface area contributed by atoms with Crippen molar-refractivity contribution < 1.29 is 14.0 Å². The number of Topliss-reactive ketones (excluding diaryl/α,β-unsaturated/α-hetero) is 1. The average Bonchev–Trinajstić information content (AvgIpc) is 3.15. The van der Waals surface area contributed by atoms with E-state index in [-0.39, 0.29) is 17.6 Å². The van der Waals surface area contributed by atoms with Crippen molar-refractivity contribution in [1.82, 2.24) is 4.90 Å². The van der Waals surface area contributed by atoms with E-state index in [1.165, 1.54) is 0 Å². The topological polar surface area (TPSA) is 50.5 Å². The van der Waals surface area contributed by atoms with Crippen LogP contribution in [0.2, 0.25) is 0 Å². The Labute approximate surface area is 158 Å². The molecule has 0 N–H and O–H groups in total. The van der Waals surface area contributed by atoms with Crippen LogP contribution in [-0.4, -0.2) is 29.7 Å². The van der Waals surface area contributed by atoms with Gasteiger partial charge in [0, 0.05) is 36.0 Å². The molecule has 0 spiro atoms. The minimum absolute atomic E-state index is 0.00389. The van der Waals surface area contributed by atoms with Crippen molar-refractivity contribution in [3.8, 4) is 0 Å². The molecule has 136 valence electrons. The molecule has 1 aliphatic rings. The molecule has 0 aliphatic carbocycles. The molecule has 2 heterocycles. The number of amides is 1. The number of hydrogen-bond donors (Lipinski definition) is 0. The van der Waals surface area contributed by atoms with Gasteiger partial charge in [-0.1, -0.05) is 48.5 Å². The summed E-state index contributed by atoms with van der Waals surface area (Å²) in [5.41, 5.74) is 1.57. The Morgan fingerprint density at radius 1 is 0.963 bits per heavy atom. The zero-order chi connectivity index (χ0) is 18.6. The molecule has 4 rings (SSSR count). The Morgan fingerprint density at radius 2 is 1.67 bits per heavy atom. The van der Waals surface area contributed by atoms with Crippen LogP contribution in [-0.2, 0) is 4.79 Å². The minimum Gasteiger partial charge on any atom is -0.457 e. The number of fused-ring (bicyclic) bond motifs is 1. The summed E-state index contributed by atoms with van der Waals surface area (Å²) in [5, 5.41) is 1.02. The maximum atomic E-state index is 12.5. The van der Waals surface area contributed by atoms with E-state index < -0.39 is 0 Å². The van der Waals surface area contributed by atoms with Crippen molar-refractivity contribution in [3.05, 3.63) is 78.1 Å². The predicted octanol–water partition coefficient (Wildman–Crippen LogP) is 4.57. The van der Waals surface area contributed by atoms with Gasteiger partial charge in [-0.3, -0.25) is 9.59 Å². The molecule has 1 fully saturated rings. The van der Waals surface area contributed by atoms with Crippen molar-refractivity contribution in [2.24, 2.45) is 5.92 Å².